The highest BCUT2D eigenvalue weighted by atomic mass is 19.1. The van der Waals surface area contributed by atoms with Crippen LogP contribution < -0.4 is 10.1 Å². The van der Waals surface area contributed by atoms with Crippen LogP contribution in [0.3, 0.4) is 0 Å². The Balaban J connectivity index is 1.59. The summed E-state index contributed by atoms with van der Waals surface area (Å²) in [6.45, 7) is 6.67. The highest BCUT2D eigenvalue weighted by molar-refractivity contribution is 5.94. The lowest BCUT2D eigenvalue weighted by atomic mass is 9.85. The summed E-state index contributed by atoms with van der Waals surface area (Å²) in [5.74, 6) is -0.541. The third-order valence-corrected chi connectivity index (χ3v) is 5.81. The Bertz CT molecular complexity index is 942. The third-order valence-electron chi connectivity index (χ3n) is 5.81. The second-order valence-corrected chi connectivity index (χ2v) is 8.63. The summed E-state index contributed by atoms with van der Waals surface area (Å²) in [5.41, 5.74) is 0.609. The number of halogens is 2. The Morgan fingerprint density at radius 2 is 1.81 bits per heavy atom. The van der Waals surface area contributed by atoms with E-state index in [9.17, 15) is 18.4 Å². The van der Waals surface area contributed by atoms with Crippen LogP contribution in [0.5, 0.6) is 5.75 Å². The Hall–Kier alpha value is -3.03. The van der Waals surface area contributed by atoms with E-state index in [2.05, 4.69) is 24.1 Å². The molecule has 32 heavy (non-hydrogen) atoms. The molecule has 2 aromatic rings. The number of pyridine rings is 1. The highest BCUT2D eigenvalue weighted by Gasteiger charge is 2.31. The number of aromatic nitrogens is 1. The van der Waals surface area contributed by atoms with Crippen molar-refractivity contribution in [3.05, 3.63) is 59.4 Å². The van der Waals surface area contributed by atoms with Gasteiger partial charge in [-0.2, -0.15) is 4.39 Å². The van der Waals surface area contributed by atoms with Crippen molar-refractivity contribution in [2.75, 3.05) is 13.1 Å². The molecule has 2 heterocycles. The molecule has 1 aliphatic rings. The number of hydrogen-bond acceptors (Lipinski definition) is 4. The summed E-state index contributed by atoms with van der Waals surface area (Å²) in [5, 5.41) is 3.11. The van der Waals surface area contributed by atoms with E-state index in [1.165, 1.54) is 43.5 Å². The lowest BCUT2D eigenvalue weighted by molar-refractivity contribution is 0.0871. The number of carbonyl (C=O) groups excluding carboxylic acids is 2. The summed E-state index contributed by atoms with van der Waals surface area (Å²) in [6, 6.07) is 6.90. The number of amides is 2. The van der Waals surface area contributed by atoms with Gasteiger partial charge in [0.25, 0.3) is 5.91 Å². The topological polar surface area (TPSA) is 71.5 Å². The van der Waals surface area contributed by atoms with E-state index in [1.807, 2.05) is 0 Å². The minimum Gasteiger partial charge on any atom is -0.410 e. The molecule has 1 aromatic carbocycles. The van der Waals surface area contributed by atoms with Crippen LogP contribution in [0.1, 0.15) is 49.0 Å². The number of benzene rings is 1. The molecule has 2 amide bonds. The van der Waals surface area contributed by atoms with Crippen LogP contribution in [0.4, 0.5) is 13.6 Å². The Kier molecular flexibility index (Phi) is 7.77. The van der Waals surface area contributed by atoms with Gasteiger partial charge in [0.1, 0.15) is 11.6 Å². The van der Waals surface area contributed by atoms with Crippen molar-refractivity contribution in [2.45, 2.75) is 46.1 Å². The summed E-state index contributed by atoms with van der Waals surface area (Å²) in [6.07, 6.45) is 2.96. The van der Waals surface area contributed by atoms with Crippen molar-refractivity contribution in [1.29, 1.82) is 0 Å². The molecule has 172 valence electrons. The quantitative estimate of drug-likeness (QED) is 0.653. The van der Waals surface area contributed by atoms with Gasteiger partial charge in [-0.05, 0) is 68.4 Å². The average molecular weight is 446 g/mol. The molecule has 1 unspecified atom stereocenters. The molecule has 6 nitrogen and oxygen atoms in total. The van der Waals surface area contributed by atoms with Crippen LogP contribution in [-0.2, 0) is 0 Å². The number of piperidine rings is 1. The van der Waals surface area contributed by atoms with Gasteiger partial charge < -0.3 is 15.0 Å². The molecule has 8 heteroatoms. The van der Waals surface area contributed by atoms with Crippen molar-refractivity contribution in [3.63, 3.8) is 0 Å². The fourth-order valence-corrected chi connectivity index (χ4v) is 3.98. The first-order valence-corrected chi connectivity index (χ1v) is 10.9. The zero-order valence-corrected chi connectivity index (χ0v) is 18.6. The predicted molar refractivity (Wildman–Crippen MR) is 116 cm³/mol. The largest absolute Gasteiger partial charge is 0.415 e. The fraction of sp³-hybridized carbons (Fsp3) is 0.458. The summed E-state index contributed by atoms with van der Waals surface area (Å²) in [4.78, 5) is 30.3. The maximum Gasteiger partial charge on any atom is 0.415 e. The van der Waals surface area contributed by atoms with Gasteiger partial charge in [-0.3, -0.25) is 4.79 Å². The molecule has 0 aliphatic carbocycles. The number of hydrogen-bond donors (Lipinski definition) is 1. The molecule has 1 aliphatic heterocycles. The number of nitrogens with zero attached hydrogens (tertiary/aromatic N) is 2. The van der Waals surface area contributed by atoms with Crippen LogP contribution >= 0.6 is 0 Å². The lowest BCUT2D eigenvalue weighted by Crippen LogP contribution is -2.47. The normalized spacial score (nSPS) is 15.5. The molecule has 3 rings (SSSR count). The zero-order chi connectivity index (χ0) is 23.3. The number of nitrogens with one attached hydrogen (secondary N) is 1. The molecule has 1 fully saturated rings. The Morgan fingerprint density at radius 3 is 2.44 bits per heavy atom. The number of likely N-dealkylation sites (tertiary alicyclic amines) is 1. The van der Waals surface area contributed by atoms with E-state index in [4.69, 9.17) is 4.74 Å². The molecule has 1 N–H and O–H groups in total. The molecular formula is C24H29F2N3O3. The molecule has 0 saturated carbocycles. The van der Waals surface area contributed by atoms with Gasteiger partial charge in [-0.15, -0.1) is 0 Å². The van der Waals surface area contributed by atoms with Crippen molar-refractivity contribution < 1.29 is 23.1 Å². The lowest BCUT2D eigenvalue weighted by Gasteiger charge is -2.36. The van der Waals surface area contributed by atoms with Gasteiger partial charge in [-0.1, -0.05) is 13.8 Å². The van der Waals surface area contributed by atoms with Crippen molar-refractivity contribution in [2.24, 2.45) is 11.8 Å². The Morgan fingerprint density at radius 1 is 1.16 bits per heavy atom. The summed E-state index contributed by atoms with van der Waals surface area (Å²) >= 11 is 0. The van der Waals surface area contributed by atoms with Crippen molar-refractivity contribution >= 4 is 12.0 Å². The van der Waals surface area contributed by atoms with E-state index in [0.717, 1.165) is 6.42 Å². The minimum absolute atomic E-state index is 0.0535. The van der Waals surface area contributed by atoms with Crippen molar-refractivity contribution in [1.82, 2.24) is 15.2 Å². The number of rotatable bonds is 6. The van der Waals surface area contributed by atoms with Gasteiger partial charge >= 0.3 is 6.09 Å². The first kappa shape index (κ1) is 23.6. The van der Waals surface area contributed by atoms with E-state index in [1.54, 1.807) is 4.90 Å². The molecule has 1 aromatic heterocycles. The van der Waals surface area contributed by atoms with Gasteiger partial charge in [0, 0.05) is 36.5 Å². The van der Waals surface area contributed by atoms with Crippen LogP contribution in [0.25, 0.3) is 0 Å². The van der Waals surface area contributed by atoms with Crippen molar-refractivity contribution in [3.8, 4) is 5.75 Å². The molecule has 0 bridgehead atoms. The van der Waals surface area contributed by atoms with Crippen LogP contribution in [0.2, 0.25) is 0 Å². The molecule has 0 radical (unpaired) electrons. The molecule has 1 atom stereocenters. The van der Waals surface area contributed by atoms with Crippen LogP contribution in [0, 0.1) is 30.5 Å². The average Bonchev–Trinajstić information content (AvgIpc) is 2.76. The SMILES string of the molecule is Cc1c(OC(=O)N2CCC(C(CC(C)C)NC(=O)c3ccc(F)cc3)CC2)ccnc1F. The maximum absolute atomic E-state index is 13.6. The monoisotopic (exact) mass is 445 g/mol. The fourth-order valence-electron chi connectivity index (χ4n) is 3.98. The first-order valence-electron chi connectivity index (χ1n) is 10.9. The van der Waals surface area contributed by atoms with Gasteiger partial charge in [0.15, 0.2) is 0 Å². The summed E-state index contributed by atoms with van der Waals surface area (Å²) in [7, 11) is 0. The van der Waals surface area contributed by atoms with E-state index in [-0.39, 0.29) is 35.0 Å². The van der Waals surface area contributed by atoms with E-state index in [0.29, 0.717) is 37.4 Å². The minimum atomic E-state index is -0.664. The number of carbonyl (C=O) groups is 2. The second kappa shape index (κ2) is 10.5. The van der Waals surface area contributed by atoms with Gasteiger partial charge in [0.05, 0.1) is 0 Å². The maximum atomic E-state index is 13.6. The summed E-state index contributed by atoms with van der Waals surface area (Å²) < 4.78 is 32.1. The number of ether oxygens (including phenoxy) is 1. The van der Waals surface area contributed by atoms with Crippen LogP contribution in [-0.4, -0.2) is 41.0 Å². The van der Waals surface area contributed by atoms with Gasteiger partial charge in [-0.25, -0.2) is 14.2 Å². The molecule has 1 saturated heterocycles. The smallest absolute Gasteiger partial charge is 0.410 e. The van der Waals surface area contributed by atoms with E-state index >= 15 is 0 Å². The van der Waals surface area contributed by atoms with Gasteiger partial charge in [0.2, 0.25) is 5.95 Å². The van der Waals surface area contributed by atoms with Crippen LogP contribution in [0.15, 0.2) is 36.5 Å². The highest BCUT2D eigenvalue weighted by Crippen LogP contribution is 2.26. The first-order chi connectivity index (χ1) is 15.2. The standard InChI is InChI=1S/C24H29F2N3O3/c1-15(2)14-20(28-23(30)18-4-6-19(25)7-5-18)17-9-12-29(13-10-17)24(31)32-21-8-11-27-22(26)16(21)3/h4-8,11,15,17,20H,9-10,12-14H2,1-3H3,(H,28,30). The second-order valence-electron chi connectivity index (χ2n) is 8.63. The van der Waals surface area contributed by atoms with E-state index < -0.39 is 12.0 Å². The molecule has 0 spiro atoms. The zero-order valence-electron chi connectivity index (χ0n) is 18.6. The Labute approximate surface area is 187 Å². The molecular weight excluding hydrogens is 416 g/mol. The predicted octanol–water partition coefficient (Wildman–Crippen LogP) is 4.72. The third kappa shape index (κ3) is 6.02.